The normalized spacial score (nSPS) is 19.9. The second kappa shape index (κ2) is 7.97. The van der Waals surface area contributed by atoms with Crippen molar-refractivity contribution in [1.29, 1.82) is 0 Å². The Balaban J connectivity index is 1.72. The van der Waals surface area contributed by atoms with Crippen LogP contribution in [-0.4, -0.2) is 53.2 Å². The average molecular weight is 358 g/mol. The van der Waals surface area contributed by atoms with E-state index in [2.05, 4.69) is 17.1 Å². The molecule has 0 saturated carbocycles. The largest absolute Gasteiger partial charge is 0.330 e. The standard InChI is InChI=1S/C19H26N4O3/c1-2-22(9-3-8-20)11-13-4-5-14-12-23(19(26)15(14)10-13)16-6-7-17(24)21-18(16)25/h4-5,10,16H,2-3,6-9,11-12,20H2,1H3,(H,21,24,25). The summed E-state index contributed by atoms with van der Waals surface area (Å²) in [6, 6.07) is 5.40. The summed E-state index contributed by atoms with van der Waals surface area (Å²) in [5.74, 6) is -0.766. The molecule has 1 saturated heterocycles. The van der Waals surface area contributed by atoms with Gasteiger partial charge in [-0.3, -0.25) is 24.6 Å². The van der Waals surface area contributed by atoms with Gasteiger partial charge < -0.3 is 10.6 Å². The Bertz CT molecular complexity index is 719. The Hall–Kier alpha value is -2.25. The van der Waals surface area contributed by atoms with Gasteiger partial charge in [0, 0.05) is 25.1 Å². The molecule has 0 aromatic heterocycles. The summed E-state index contributed by atoms with van der Waals surface area (Å²) in [6.07, 6.45) is 1.61. The monoisotopic (exact) mass is 358 g/mol. The predicted molar refractivity (Wildman–Crippen MR) is 97.1 cm³/mol. The summed E-state index contributed by atoms with van der Waals surface area (Å²) in [5.41, 5.74) is 8.28. The molecule has 2 aliphatic rings. The van der Waals surface area contributed by atoms with Crippen molar-refractivity contribution in [3.63, 3.8) is 0 Å². The third-order valence-electron chi connectivity index (χ3n) is 5.12. The Labute approximate surface area is 153 Å². The Morgan fingerprint density at radius 1 is 1.31 bits per heavy atom. The molecule has 3 amide bonds. The molecular formula is C19H26N4O3. The van der Waals surface area contributed by atoms with Crippen molar-refractivity contribution in [2.45, 2.75) is 45.3 Å². The molecule has 3 N–H and O–H groups in total. The lowest BCUT2D eigenvalue weighted by Crippen LogP contribution is -2.52. The molecule has 1 fully saturated rings. The molecule has 0 aliphatic carbocycles. The molecule has 2 aliphatic heterocycles. The molecule has 1 unspecified atom stereocenters. The number of benzene rings is 1. The maximum Gasteiger partial charge on any atom is 0.255 e. The van der Waals surface area contributed by atoms with Gasteiger partial charge in [0.15, 0.2) is 0 Å². The number of nitrogens with one attached hydrogen (secondary N) is 1. The minimum Gasteiger partial charge on any atom is -0.330 e. The number of nitrogens with two attached hydrogens (primary N) is 1. The van der Waals surface area contributed by atoms with Gasteiger partial charge in [-0.15, -0.1) is 0 Å². The van der Waals surface area contributed by atoms with Crippen molar-refractivity contribution in [3.05, 3.63) is 34.9 Å². The van der Waals surface area contributed by atoms with Crippen molar-refractivity contribution in [3.8, 4) is 0 Å². The predicted octanol–water partition coefficient (Wildman–Crippen LogP) is 0.618. The van der Waals surface area contributed by atoms with Crippen molar-refractivity contribution >= 4 is 17.7 Å². The van der Waals surface area contributed by atoms with Crippen LogP contribution in [0.15, 0.2) is 18.2 Å². The first kappa shape index (κ1) is 18.5. The molecule has 0 radical (unpaired) electrons. The van der Waals surface area contributed by atoms with Crippen LogP contribution in [-0.2, 0) is 22.7 Å². The van der Waals surface area contributed by atoms with E-state index in [-0.39, 0.29) is 24.1 Å². The van der Waals surface area contributed by atoms with Crippen molar-refractivity contribution in [2.75, 3.05) is 19.6 Å². The van der Waals surface area contributed by atoms with E-state index in [9.17, 15) is 14.4 Å². The summed E-state index contributed by atoms with van der Waals surface area (Å²) in [5, 5.41) is 2.33. The highest BCUT2D eigenvalue weighted by Crippen LogP contribution is 2.28. The highest BCUT2D eigenvalue weighted by Gasteiger charge is 2.39. The summed E-state index contributed by atoms with van der Waals surface area (Å²) in [4.78, 5) is 40.2. The van der Waals surface area contributed by atoms with E-state index in [0.29, 0.717) is 25.1 Å². The number of fused-ring (bicyclic) bond motifs is 1. The minimum atomic E-state index is -0.562. The van der Waals surface area contributed by atoms with Crippen molar-refractivity contribution in [2.24, 2.45) is 5.73 Å². The number of hydrogen-bond acceptors (Lipinski definition) is 5. The van der Waals surface area contributed by atoms with Gasteiger partial charge in [0.2, 0.25) is 11.8 Å². The van der Waals surface area contributed by atoms with Crippen LogP contribution in [0.25, 0.3) is 0 Å². The van der Waals surface area contributed by atoms with E-state index >= 15 is 0 Å². The Kier molecular flexibility index (Phi) is 5.68. The van der Waals surface area contributed by atoms with Crippen LogP contribution in [0.4, 0.5) is 0 Å². The molecule has 2 heterocycles. The molecule has 0 bridgehead atoms. The molecule has 0 spiro atoms. The zero-order chi connectivity index (χ0) is 18.7. The third kappa shape index (κ3) is 3.78. The smallest absolute Gasteiger partial charge is 0.255 e. The highest BCUT2D eigenvalue weighted by atomic mass is 16.2. The van der Waals surface area contributed by atoms with Gasteiger partial charge in [0.25, 0.3) is 5.91 Å². The number of carbonyl (C=O) groups is 3. The maximum absolute atomic E-state index is 12.8. The second-order valence-corrected chi connectivity index (χ2v) is 6.90. The minimum absolute atomic E-state index is 0.124. The molecule has 140 valence electrons. The van der Waals surface area contributed by atoms with Gasteiger partial charge in [-0.2, -0.15) is 0 Å². The number of imide groups is 1. The molecule has 1 atom stereocenters. The van der Waals surface area contributed by atoms with Crippen LogP contribution in [0.2, 0.25) is 0 Å². The summed E-state index contributed by atoms with van der Waals surface area (Å²) >= 11 is 0. The van der Waals surface area contributed by atoms with Crippen LogP contribution >= 0.6 is 0 Å². The summed E-state index contributed by atoms with van der Waals surface area (Å²) < 4.78 is 0. The van der Waals surface area contributed by atoms with Gasteiger partial charge in [0.1, 0.15) is 6.04 Å². The summed E-state index contributed by atoms with van der Waals surface area (Å²) in [6.45, 7) is 5.83. The quantitative estimate of drug-likeness (QED) is 0.697. The van der Waals surface area contributed by atoms with Crippen LogP contribution in [0.1, 0.15) is 47.7 Å². The van der Waals surface area contributed by atoms with E-state index in [4.69, 9.17) is 5.73 Å². The van der Waals surface area contributed by atoms with Crippen LogP contribution in [0.3, 0.4) is 0 Å². The zero-order valence-electron chi connectivity index (χ0n) is 15.2. The van der Waals surface area contributed by atoms with Gasteiger partial charge in [-0.25, -0.2) is 0 Å². The van der Waals surface area contributed by atoms with E-state index in [1.807, 2.05) is 18.2 Å². The summed E-state index contributed by atoms with van der Waals surface area (Å²) in [7, 11) is 0. The van der Waals surface area contributed by atoms with E-state index in [1.54, 1.807) is 4.90 Å². The van der Waals surface area contributed by atoms with E-state index in [1.165, 1.54) is 0 Å². The molecule has 3 rings (SSSR count). The topological polar surface area (TPSA) is 95.7 Å². The molecular weight excluding hydrogens is 332 g/mol. The second-order valence-electron chi connectivity index (χ2n) is 6.90. The van der Waals surface area contributed by atoms with Crippen molar-refractivity contribution < 1.29 is 14.4 Å². The maximum atomic E-state index is 12.8. The molecule has 1 aromatic rings. The van der Waals surface area contributed by atoms with Crippen LogP contribution < -0.4 is 11.1 Å². The number of hydrogen-bond donors (Lipinski definition) is 2. The lowest BCUT2D eigenvalue weighted by Gasteiger charge is -2.29. The third-order valence-corrected chi connectivity index (χ3v) is 5.12. The Morgan fingerprint density at radius 2 is 2.12 bits per heavy atom. The number of nitrogens with zero attached hydrogens (tertiary/aromatic N) is 2. The lowest BCUT2D eigenvalue weighted by atomic mass is 10.0. The molecule has 7 nitrogen and oxygen atoms in total. The first-order valence-corrected chi connectivity index (χ1v) is 9.22. The Morgan fingerprint density at radius 3 is 2.81 bits per heavy atom. The highest BCUT2D eigenvalue weighted by molar-refractivity contribution is 6.05. The molecule has 1 aromatic carbocycles. The first-order valence-electron chi connectivity index (χ1n) is 9.22. The zero-order valence-corrected chi connectivity index (χ0v) is 15.2. The SMILES string of the molecule is CCN(CCCN)Cc1ccc2c(c1)C(=O)N(C1CCC(=O)NC1=O)C2. The fourth-order valence-electron chi connectivity index (χ4n) is 3.62. The van der Waals surface area contributed by atoms with E-state index in [0.717, 1.165) is 37.2 Å². The fraction of sp³-hybridized carbons (Fsp3) is 0.526. The van der Waals surface area contributed by atoms with Gasteiger partial charge in [0.05, 0.1) is 0 Å². The average Bonchev–Trinajstić information content (AvgIpc) is 2.95. The molecule has 26 heavy (non-hydrogen) atoms. The number of piperidine rings is 1. The van der Waals surface area contributed by atoms with Gasteiger partial charge in [-0.05, 0) is 49.7 Å². The van der Waals surface area contributed by atoms with E-state index < -0.39 is 6.04 Å². The van der Waals surface area contributed by atoms with Gasteiger partial charge >= 0.3 is 0 Å². The van der Waals surface area contributed by atoms with Gasteiger partial charge in [-0.1, -0.05) is 19.1 Å². The van der Waals surface area contributed by atoms with Crippen LogP contribution in [0.5, 0.6) is 0 Å². The van der Waals surface area contributed by atoms with Crippen LogP contribution in [0, 0.1) is 0 Å². The first-order chi connectivity index (χ1) is 12.5. The lowest BCUT2D eigenvalue weighted by molar-refractivity contribution is -0.136. The van der Waals surface area contributed by atoms with Crippen molar-refractivity contribution in [1.82, 2.24) is 15.1 Å². The number of rotatable bonds is 7. The number of amides is 3. The molecule has 7 heteroatoms. The fourth-order valence-corrected chi connectivity index (χ4v) is 3.62. The number of carbonyl (C=O) groups excluding carboxylic acids is 3.